The number of alkyl halides is 6. The number of halogens is 6. The number of hydrogen-bond acceptors (Lipinski definition) is 2. The Morgan fingerprint density at radius 1 is 1.06 bits per heavy atom. The van der Waals surface area contributed by atoms with Gasteiger partial charge >= 0.3 is 24.0 Å². The number of carbonyl (C=O) groups is 2. The molecular weight excluding hydrogens is 476 g/mol. The van der Waals surface area contributed by atoms with Crippen molar-refractivity contribution < 1.29 is 40.5 Å². The first-order valence-electron chi connectivity index (χ1n) is 12.0. The Morgan fingerprint density at radius 2 is 1.66 bits per heavy atom. The number of amides is 2. The van der Waals surface area contributed by atoms with E-state index in [0.717, 1.165) is 31.4 Å². The zero-order valence-corrected chi connectivity index (χ0v) is 20.0. The predicted molar refractivity (Wildman–Crippen MR) is 118 cm³/mol. The molecule has 0 radical (unpaired) electrons. The summed E-state index contributed by atoms with van der Waals surface area (Å²) < 4.78 is 79.0. The van der Waals surface area contributed by atoms with E-state index < -0.39 is 36.0 Å². The molecule has 0 bridgehead atoms. The average molecular weight is 509 g/mol. The van der Waals surface area contributed by atoms with E-state index >= 15 is 0 Å². The summed E-state index contributed by atoms with van der Waals surface area (Å²) in [4.78, 5) is 27.0. The van der Waals surface area contributed by atoms with Crippen LogP contribution in [-0.2, 0) is 9.59 Å². The van der Waals surface area contributed by atoms with Crippen LogP contribution in [0.25, 0.3) is 0 Å². The summed E-state index contributed by atoms with van der Waals surface area (Å²) in [6.07, 6.45) is -2.49. The van der Waals surface area contributed by atoms with E-state index in [1.807, 2.05) is 11.9 Å². The Hall–Kier alpha value is -2.33. The minimum Gasteiger partial charge on any atom is -0.353 e. The Bertz CT molecular complexity index is 919. The maximum atomic E-state index is 13.0. The van der Waals surface area contributed by atoms with Crippen molar-refractivity contribution in [1.29, 1.82) is 0 Å². The molecule has 2 amide bonds. The van der Waals surface area contributed by atoms with Crippen LogP contribution in [0.4, 0.5) is 26.3 Å². The van der Waals surface area contributed by atoms with Crippen LogP contribution < -0.4 is 5.32 Å². The molecule has 196 valence electrons. The quantitative estimate of drug-likeness (QED) is 0.326. The number of allylic oxidation sites excluding steroid dienone is 3. The molecule has 1 saturated heterocycles. The summed E-state index contributed by atoms with van der Waals surface area (Å²) in [7, 11) is 1.97. The van der Waals surface area contributed by atoms with Gasteiger partial charge < -0.3 is 10.2 Å². The summed E-state index contributed by atoms with van der Waals surface area (Å²) in [5.41, 5.74) is -2.02. The first-order valence-corrected chi connectivity index (χ1v) is 12.0. The molecule has 11 heteroatoms. The molecule has 3 aliphatic rings. The maximum absolute atomic E-state index is 13.0. The second kappa shape index (κ2) is 10.3. The third kappa shape index (κ3) is 6.46. The van der Waals surface area contributed by atoms with Crippen molar-refractivity contribution in [3.8, 4) is 0 Å². The molecule has 0 aromatic rings. The van der Waals surface area contributed by atoms with E-state index in [4.69, 9.17) is 0 Å². The number of carbonyl (C=O) groups excluding carboxylic acids is 2. The third-order valence-electron chi connectivity index (χ3n) is 7.40. The summed E-state index contributed by atoms with van der Waals surface area (Å²) >= 11 is 0. The second-order valence-electron chi connectivity index (χ2n) is 9.73. The van der Waals surface area contributed by atoms with Crippen molar-refractivity contribution in [2.24, 2.45) is 5.92 Å². The predicted octanol–water partition coefficient (Wildman–Crippen LogP) is 4.53. The molecule has 1 aliphatic carbocycles. The molecule has 2 fully saturated rings. The molecule has 2 aliphatic heterocycles. The van der Waals surface area contributed by atoms with Gasteiger partial charge in [-0.3, -0.25) is 9.59 Å². The van der Waals surface area contributed by atoms with Gasteiger partial charge in [0.25, 0.3) is 5.54 Å². The van der Waals surface area contributed by atoms with Gasteiger partial charge in [-0.25, -0.2) is 4.58 Å². The molecule has 1 saturated carbocycles. The minimum atomic E-state index is -4.97. The molecule has 3 rings (SSSR count). The highest BCUT2D eigenvalue weighted by molar-refractivity contribution is 6.43. The van der Waals surface area contributed by atoms with Crippen molar-refractivity contribution >= 4 is 17.5 Å². The number of likely N-dealkylation sites (tertiary alicyclic amines) is 1. The first kappa shape index (κ1) is 27.3. The minimum absolute atomic E-state index is 0.0111. The van der Waals surface area contributed by atoms with Crippen LogP contribution in [-0.4, -0.2) is 71.6 Å². The highest BCUT2D eigenvalue weighted by Crippen LogP contribution is 2.41. The molecule has 0 unspecified atom stereocenters. The molecule has 1 spiro atoms. The van der Waals surface area contributed by atoms with Crippen molar-refractivity contribution in [2.45, 2.75) is 76.2 Å². The van der Waals surface area contributed by atoms with E-state index in [1.165, 1.54) is 6.42 Å². The second-order valence-corrected chi connectivity index (χ2v) is 9.73. The Morgan fingerprint density at radius 3 is 2.20 bits per heavy atom. The highest BCUT2D eigenvalue weighted by atomic mass is 19.4. The lowest BCUT2D eigenvalue weighted by molar-refractivity contribution is -0.479. The van der Waals surface area contributed by atoms with Crippen molar-refractivity contribution in [2.75, 3.05) is 26.7 Å². The lowest BCUT2D eigenvalue weighted by Gasteiger charge is -2.30. The maximum Gasteiger partial charge on any atom is 0.416 e. The monoisotopic (exact) mass is 508 g/mol. The standard InChI is InChI=1S/C24H31F6N3O2/c1-16(23(25,26)27)14-18(24(28,29)30)6-11-31-19(34)15-17-7-12-33(13-8-17)21(35)20-22(32(20)2)9-4-3-5-10-22/h6,14,17H,3-5,7-13,15H2,1-2H3/p+1. The van der Waals surface area contributed by atoms with Gasteiger partial charge in [-0.2, -0.15) is 26.3 Å². The van der Waals surface area contributed by atoms with Gasteiger partial charge in [0, 0.05) is 44.5 Å². The van der Waals surface area contributed by atoms with E-state index in [-0.39, 0.29) is 29.9 Å². The lowest BCUT2D eigenvalue weighted by Crippen LogP contribution is -2.44. The van der Waals surface area contributed by atoms with Crippen LogP contribution in [0.15, 0.2) is 23.3 Å². The van der Waals surface area contributed by atoms with Crippen LogP contribution in [0.2, 0.25) is 0 Å². The SMILES string of the molecule is CC(=CC(=CCNC(=O)CC1CCN(C(=O)C2=[N+](C)C23CCCCC3)CC1)C(F)(F)F)C(F)(F)F. The van der Waals surface area contributed by atoms with Gasteiger partial charge in [-0.15, -0.1) is 0 Å². The van der Waals surface area contributed by atoms with Crippen LogP contribution in [0.3, 0.4) is 0 Å². The van der Waals surface area contributed by atoms with Crippen molar-refractivity contribution in [3.05, 3.63) is 23.3 Å². The first-order chi connectivity index (χ1) is 16.3. The number of hydrogen-bond donors (Lipinski definition) is 1. The lowest BCUT2D eigenvalue weighted by atomic mass is 9.84. The van der Waals surface area contributed by atoms with Crippen LogP contribution >= 0.6 is 0 Å². The largest absolute Gasteiger partial charge is 0.416 e. The van der Waals surface area contributed by atoms with Crippen LogP contribution in [0, 0.1) is 5.92 Å². The van der Waals surface area contributed by atoms with E-state index in [1.54, 1.807) is 0 Å². The molecule has 2 heterocycles. The van der Waals surface area contributed by atoms with Crippen LogP contribution in [0.1, 0.15) is 58.3 Å². The topological polar surface area (TPSA) is 52.4 Å². The molecule has 5 nitrogen and oxygen atoms in total. The van der Waals surface area contributed by atoms with Gasteiger partial charge in [0.15, 0.2) is 0 Å². The molecule has 1 N–H and O–H groups in total. The molecule has 0 atom stereocenters. The van der Waals surface area contributed by atoms with E-state index in [2.05, 4.69) is 9.89 Å². The smallest absolute Gasteiger partial charge is 0.353 e. The fraction of sp³-hybridized carbons (Fsp3) is 0.708. The molecular formula is C24H32F6N3O2+. The van der Waals surface area contributed by atoms with Crippen molar-refractivity contribution in [3.63, 3.8) is 0 Å². The number of piperidine rings is 1. The summed E-state index contributed by atoms with van der Waals surface area (Å²) in [5.74, 6) is -0.422. The summed E-state index contributed by atoms with van der Waals surface area (Å²) in [6, 6.07) is 0. The zero-order valence-electron chi connectivity index (χ0n) is 20.0. The summed E-state index contributed by atoms with van der Waals surface area (Å²) in [5, 5.41) is 2.33. The fourth-order valence-electron chi connectivity index (χ4n) is 5.17. The van der Waals surface area contributed by atoms with Gasteiger partial charge in [0.1, 0.15) is 7.05 Å². The molecule has 0 aromatic carbocycles. The van der Waals surface area contributed by atoms with Gasteiger partial charge in [-0.1, -0.05) is 12.5 Å². The Balaban J connectivity index is 1.46. The molecule has 0 aromatic heterocycles. The number of nitrogens with one attached hydrogen (secondary N) is 1. The third-order valence-corrected chi connectivity index (χ3v) is 7.40. The van der Waals surface area contributed by atoms with Gasteiger partial charge in [0.05, 0.1) is 5.57 Å². The average Bonchev–Trinajstić information content (AvgIpc) is 3.33. The van der Waals surface area contributed by atoms with Crippen LogP contribution in [0.5, 0.6) is 0 Å². The summed E-state index contributed by atoms with van der Waals surface area (Å²) in [6.45, 7) is 1.07. The fourth-order valence-corrected chi connectivity index (χ4v) is 5.17. The number of rotatable bonds is 6. The number of nitrogens with zero attached hydrogens (tertiary/aromatic N) is 2. The van der Waals surface area contributed by atoms with Crippen molar-refractivity contribution in [1.82, 2.24) is 10.2 Å². The molecule has 35 heavy (non-hydrogen) atoms. The Labute approximate surface area is 200 Å². The highest BCUT2D eigenvalue weighted by Gasteiger charge is 2.67. The van der Waals surface area contributed by atoms with Gasteiger partial charge in [-0.05, 0) is 44.6 Å². The normalized spacial score (nSPS) is 22.0. The Kier molecular flexibility index (Phi) is 8.06. The van der Waals surface area contributed by atoms with E-state index in [0.29, 0.717) is 38.9 Å². The zero-order chi connectivity index (χ0) is 26.0. The van der Waals surface area contributed by atoms with Gasteiger partial charge in [0.2, 0.25) is 5.91 Å². The van der Waals surface area contributed by atoms with E-state index in [9.17, 15) is 35.9 Å².